The van der Waals surface area contributed by atoms with E-state index in [1.54, 1.807) is 0 Å². The largest absolute Gasteiger partial charge is 0.313 e. The fourth-order valence-electron chi connectivity index (χ4n) is 2.03. The van der Waals surface area contributed by atoms with E-state index < -0.39 is 0 Å². The Balaban J connectivity index is 2.14. The molecule has 0 amide bonds. The van der Waals surface area contributed by atoms with Crippen molar-refractivity contribution in [1.82, 2.24) is 10.3 Å². The van der Waals surface area contributed by atoms with E-state index in [2.05, 4.69) is 53.6 Å². The van der Waals surface area contributed by atoms with Gasteiger partial charge in [-0.25, -0.2) is 0 Å². The molecule has 1 N–H and O–H groups in total. The van der Waals surface area contributed by atoms with Gasteiger partial charge in [-0.2, -0.15) is 0 Å². The molecule has 1 aromatic heterocycles. The molecule has 0 aliphatic carbocycles. The molecule has 0 saturated carbocycles. The maximum Gasteiger partial charge on any atom is 0.0373 e. The van der Waals surface area contributed by atoms with Crippen molar-refractivity contribution in [3.05, 3.63) is 65.0 Å². The SMILES string of the molecule is CNC(Cc1ccc(C)cc1)c1ccc(C)nc1. The van der Waals surface area contributed by atoms with E-state index >= 15 is 0 Å². The molecule has 2 rings (SSSR count). The van der Waals surface area contributed by atoms with E-state index in [9.17, 15) is 0 Å². The summed E-state index contributed by atoms with van der Waals surface area (Å²) in [5.41, 5.74) is 4.95. The van der Waals surface area contributed by atoms with Crippen LogP contribution in [0.3, 0.4) is 0 Å². The molecule has 1 aromatic carbocycles. The molecular formula is C16H20N2. The van der Waals surface area contributed by atoms with Crippen LogP contribution in [0.5, 0.6) is 0 Å². The number of rotatable bonds is 4. The number of aryl methyl sites for hydroxylation is 2. The maximum absolute atomic E-state index is 4.36. The van der Waals surface area contributed by atoms with Crippen molar-refractivity contribution in [1.29, 1.82) is 0 Å². The van der Waals surface area contributed by atoms with E-state index in [-0.39, 0.29) is 0 Å². The van der Waals surface area contributed by atoms with E-state index in [1.807, 2.05) is 20.2 Å². The molecule has 0 fully saturated rings. The fraction of sp³-hybridized carbons (Fsp3) is 0.312. The van der Waals surface area contributed by atoms with E-state index in [0.717, 1.165) is 12.1 Å². The number of aromatic nitrogens is 1. The summed E-state index contributed by atoms with van der Waals surface area (Å²) in [5.74, 6) is 0. The summed E-state index contributed by atoms with van der Waals surface area (Å²) in [6.07, 6.45) is 2.95. The maximum atomic E-state index is 4.36. The van der Waals surface area contributed by atoms with Crippen molar-refractivity contribution in [2.75, 3.05) is 7.05 Å². The average molecular weight is 240 g/mol. The van der Waals surface area contributed by atoms with Gasteiger partial charge in [0.1, 0.15) is 0 Å². The Morgan fingerprint density at radius 3 is 2.33 bits per heavy atom. The predicted octanol–water partition coefficient (Wildman–Crippen LogP) is 3.20. The predicted molar refractivity (Wildman–Crippen MR) is 75.7 cm³/mol. The lowest BCUT2D eigenvalue weighted by molar-refractivity contribution is 0.589. The van der Waals surface area contributed by atoms with E-state index in [0.29, 0.717) is 6.04 Å². The number of nitrogens with zero attached hydrogens (tertiary/aromatic N) is 1. The first-order chi connectivity index (χ1) is 8.69. The normalized spacial score (nSPS) is 12.4. The lowest BCUT2D eigenvalue weighted by Gasteiger charge is -2.16. The smallest absolute Gasteiger partial charge is 0.0373 e. The minimum Gasteiger partial charge on any atom is -0.313 e. The highest BCUT2D eigenvalue weighted by Crippen LogP contribution is 2.18. The van der Waals surface area contributed by atoms with Gasteiger partial charge in [0.15, 0.2) is 0 Å². The van der Waals surface area contributed by atoms with Crippen LogP contribution in [0.4, 0.5) is 0 Å². The van der Waals surface area contributed by atoms with Crippen molar-refractivity contribution in [3.8, 4) is 0 Å². The van der Waals surface area contributed by atoms with Crippen molar-refractivity contribution in [2.45, 2.75) is 26.3 Å². The highest BCUT2D eigenvalue weighted by atomic mass is 14.9. The third-order valence-corrected chi connectivity index (χ3v) is 3.25. The molecule has 1 atom stereocenters. The van der Waals surface area contributed by atoms with Gasteiger partial charge in [0.25, 0.3) is 0 Å². The molecule has 0 bridgehead atoms. The number of likely N-dealkylation sites (N-methyl/N-ethyl adjacent to an activating group) is 1. The zero-order valence-corrected chi connectivity index (χ0v) is 11.3. The van der Waals surface area contributed by atoms with Crippen LogP contribution in [0.2, 0.25) is 0 Å². The highest BCUT2D eigenvalue weighted by Gasteiger charge is 2.10. The van der Waals surface area contributed by atoms with Crippen molar-refractivity contribution in [2.24, 2.45) is 0 Å². The summed E-state index contributed by atoms with van der Waals surface area (Å²) >= 11 is 0. The summed E-state index contributed by atoms with van der Waals surface area (Å²) in [7, 11) is 2.00. The van der Waals surface area contributed by atoms with Gasteiger partial charge in [-0.1, -0.05) is 35.9 Å². The molecule has 0 aliphatic rings. The zero-order chi connectivity index (χ0) is 13.0. The van der Waals surface area contributed by atoms with Crippen LogP contribution in [0, 0.1) is 13.8 Å². The second-order valence-corrected chi connectivity index (χ2v) is 4.76. The first-order valence-electron chi connectivity index (χ1n) is 6.34. The number of pyridine rings is 1. The van der Waals surface area contributed by atoms with Gasteiger partial charge in [-0.15, -0.1) is 0 Å². The van der Waals surface area contributed by atoms with Gasteiger partial charge in [0.05, 0.1) is 0 Å². The zero-order valence-electron chi connectivity index (χ0n) is 11.3. The number of nitrogens with one attached hydrogen (secondary N) is 1. The Hall–Kier alpha value is -1.67. The molecule has 1 heterocycles. The van der Waals surface area contributed by atoms with Crippen LogP contribution in [0.15, 0.2) is 42.6 Å². The van der Waals surface area contributed by atoms with E-state index in [1.165, 1.54) is 16.7 Å². The Morgan fingerprint density at radius 2 is 1.78 bits per heavy atom. The highest BCUT2D eigenvalue weighted by molar-refractivity contribution is 5.25. The standard InChI is InChI=1S/C16H20N2/c1-12-4-7-14(8-5-12)10-16(17-3)15-9-6-13(2)18-11-15/h4-9,11,16-17H,10H2,1-3H3. The average Bonchev–Trinajstić information content (AvgIpc) is 2.39. The second kappa shape index (κ2) is 5.78. The van der Waals surface area contributed by atoms with Gasteiger partial charge >= 0.3 is 0 Å². The van der Waals surface area contributed by atoms with Crippen LogP contribution >= 0.6 is 0 Å². The van der Waals surface area contributed by atoms with Crippen LogP contribution in [0.1, 0.15) is 28.4 Å². The van der Waals surface area contributed by atoms with Crippen LogP contribution in [-0.2, 0) is 6.42 Å². The minimum atomic E-state index is 0.320. The van der Waals surface area contributed by atoms with Gasteiger partial charge in [0, 0.05) is 17.9 Å². The molecular weight excluding hydrogens is 220 g/mol. The lowest BCUT2D eigenvalue weighted by Crippen LogP contribution is -2.19. The summed E-state index contributed by atoms with van der Waals surface area (Å²) < 4.78 is 0. The summed E-state index contributed by atoms with van der Waals surface area (Å²) in [6.45, 7) is 4.13. The molecule has 2 heteroatoms. The molecule has 2 nitrogen and oxygen atoms in total. The molecule has 0 spiro atoms. The molecule has 18 heavy (non-hydrogen) atoms. The van der Waals surface area contributed by atoms with Gasteiger partial charge in [-0.3, -0.25) is 4.98 Å². The van der Waals surface area contributed by atoms with Crippen LogP contribution in [-0.4, -0.2) is 12.0 Å². The van der Waals surface area contributed by atoms with E-state index in [4.69, 9.17) is 0 Å². The summed E-state index contributed by atoms with van der Waals surface area (Å²) in [4.78, 5) is 4.36. The Bertz CT molecular complexity index is 486. The third-order valence-electron chi connectivity index (χ3n) is 3.25. The minimum absolute atomic E-state index is 0.320. The lowest BCUT2D eigenvalue weighted by atomic mass is 9.99. The Morgan fingerprint density at radius 1 is 1.06 bits per heavy atom. The van der Waals surface area contributed by atoms with Gasteiger partial charge in [0.2, 0.25) is 0 Å². The molecule has 0 aliphatic heterocycles. The topological polar surface area (TPSA) is 24.9 Å². The summed E-state index contributed by atoms with van der Waals surface area (Å²) in [5, 5.41) is 3.36. The number of hydrogen-bond donors (Lipinski definition) is 1. The molecule has 2 aromatic rings. The van der Waals surface area contributed by atoms with Crippen LogP contribution < -0.4 is 5.32 Å². The first kappa shape index (κ1) is 12.8. The van der Waals surface area contributed by atoms with Crippen molar-refractivity contribution in [3.63, 3.8) is 0 Å². The molecule has 1 unspecified atom stereocenters. The number of hydrogen-bond acceptors (Lipinski definition) is 2. The molecule has 0 radical (unpaired) electrons. The quantitative estimate of drug-likeness (QED) is 0.887. The summed E-state index contributed by atoms with van der Waals surface area (Å²) in [6, 6.07) is 13.3. The van der Waals surface area contributed by atoms with Crippen molar-refractivity contribution < 1.29 is 0 Å². The first-order valence-corrected chi connectivity index (χ1v) is 6.34. The van der Waals surface area contributed by atoms with Crippen LogP contribution in [0.25, 0.3) is 0 Å². The monoisotopic (exact) mass is 240 g/mol. The molecule has 0 saturated heterocycles. The third kappa shape index (κ3) is 3.17. The number of benzene rings is 1. The Labute approximate surface area is 109 Å². The van der Waals surface area contributed by atoms with Gasteiger partial charge < -0.3 is 5.32 Å². The Kier molecular flexibility index (Phi) is 4.11. The van der Waals surface area contributed by atoms with Gasteiger partial charge in [-0.05, 0) is 44.5 Å². The molecule has 94 valence electrons. The fourth-order valence-corrected chi connectivity index (χ4v) is 2.03. The second-order valence-electron chi connectivity index (χ2n) is 4.76. The van der Waals surface area contributed by atoms with Crippen molar-refractivity contribution >= 4 is 0 Å².